The number of amides is 1. The van der Waals surface area contributed by atoms with Crippen LogP contribution in [0.2, 0.25) is 5.02 Å². The van der Waals surface area contributed by atoms with Gasteiger partial charge in [-0.05, 0) is 32.0 Å². The fraction of sp³-hybridized carbons (Fsp3) is 0.333. The highest BCUT2D eigenvalue weighted by molar-refractivity contribution is 6.34. The number of halogens is 1. The summed E-state index contributed by atoms with van der Waals surface area (Å²) in [6.07, 6.45) is 0. The Balaban J connectivity index is 2.14. The van der Waals surface area contributed by atoms with Crippen LogP contribution in [0.5, 0.6) is 0 Å². The van der Waals surface area contributed by atoms with Crippen LogP contribution in [0.25, 0.3) is 0 Å². The summed E-state index contributed by atoms with van der Waals surface area (Å²) in [5.74, 6) is 0.176. The van der Waals surface area contributed by atoms with Crippen molar-refractivity contribution in [3.05, 3.63) is 28.8 Å². The van der Waals surface area contributed by atoms with Gasteiger partial charge in [0.2, 0.25) is 5.91 Å². The van der Waals surface area contributed by atoms with E-state index in [4.69, 9.17) is 17.3 Å². The number of nitrogens with two attached hydrogens (primary N) is 1. The van der Waals surface area contributed by atoms with E-state index in [1.54, 1.807) is 12.1 Å². The summed E-state index contributed by atoms with van der Waals surface area (Å²) >= 11 is 6.07. The Kier molecular flexibility index (Phi) is 3.17. The summed E-state index contributed by atoms with van der Waals surface area (Å²) < 4.78 is 0. The van der Waals surface area contributed by atoms with Gasteiger partial charge in [-0.1, -0.05) is 11.6 Å². The molecule has 1 amide bonds. The first-order valence-electron chi connectivity index (χ1n) is 5.56. The molecule has 5 nitrogen and oxygen atoms in total. The lowest BCUT2D eigenvalue weighted by Gasteiger charge is -2.18. The van der Waals surface area contributed by atoms with Gasteiger partial charge >= 0.3 is 0 Å². The molecule has 0 fully saturated rings. The van der Waals surface area contributed by atoms with Crippen LogP contribution in [0.1, 0.15) is 24.2 Å². The molecule has 0 radical (unpaired) electrons. The summed E-state index contributed by atoms with van der Waals surface area (Å²) in [7, 11) is 0. The summed E-state index contributed by atoms with van der Waals surface area (Å²) in [5.41, 5.74) is 6.19. The van der Waals surface area contributed by atoms with E-state index in [0.717, 1.165) is 0 Å². The lowest BCUT2D eigenvalue weighted by molar-refractivity contribution is 0.100. The number of carbonyl (C=O) groups excluding carboxylic acids is 1. The van der Waals surface area contributed by atoms with E-state index in [-0.39, 0.29) is 5.54 Å². The Morgan fingerprint density at radius 3 is 2.78 bits per heavy atom. The average molecular weight is 267 g/mol. The summed E-state index contributed by atoms with van der Waals surface area (Å²) in [4.78, 5) is 15.3. The Hall–Kier alpha value is -1.75. The highest BCUT2D eigenvalue weighted by Crippen LogP contribution is 2.23. The van der Waals surface area contributed by atoms with Gasteiger partial charge in [-0.2, -0.15) is 0 Å². The van der Waals surface area contributed by atoms with Gasteiger partial charge < -0.3 is 16.4 Å². The highest BCUT2D eigenvalue weighted by atomic mass is 35.5. The normalized spacial score (nSPS) is 16.9. The third-order valence-electron chi connectivity index (χ3n) is 2.60. The predicted octanol–water partition coefficient (Wildman–Crippen LogP) is 1.59. The Morgan fingerprint density at radius 2 is 2.28 bits per heavy atom. The number of aliphatic imine (C=N–C) groups is 1. The first-order valence-corrected chi connectivity index (χ1v) is 5.94. The second kappa shape index (κ2) is 4.49. The molecule has 96 valence electrons. The quantitative estimate of drug-likeness (QED) is 0.760. The zero-order chi connectivity index (χ0) is 13.3. The maximum Gasteiger partial charge on any atom is 0.248 e. The number of nitrogens with zero attached hydrogens (tertiary/aromatic N) is 1. The van der Waals surface area contributed by atoms with Crippen molar-refractivity contribution in [2.45, 2.75) is 19.4 Å². The number of carbonyl (C=O) groups is 1. The number of hydrogen-bond acceptors (Lipinski definition) is 4. The van der Waals surface area contributed by atoms with Crippen molar-refractivity contribution in [3.8, 4) is 0 Å². The van der Waals surface area contributed by atoms with E-state index in [1.165, 1.54) is 6.07 Å². The van der Waals surface area contributed by atoms with Gasteiger partial charge in [-0.25, -0.2) is 0 Å². The van der Waals surface area contributed by atoms with Crippen LogP contribution in [-0.2, 0) is 0 Å². The average Bonchev–Trinajstić information content (AvgIpc) is 2.61. The molecule has 1 aromatic rings. The maximum atomic E-state index is 11.0. The fourth-order valence-corrected chi connectivity index (χ4v) is 1.87. The predicted molar refractivity (Wildman–Crippen MR) is 73.1 cm³/mol. The van der Waals surface area contributed by atoms with Crippen LogP contribution in [0, 0.1) is 0 Å². The molecule has 0 aromatic heterocycles. The second-order valence-corrected chi connectivity index (χ2v) is 5.26. The van der Waals surface area contributed by atoms with Gasteiger partial charge in [0, 0.05) is 5.56 Å². The Labute approximate surface area is 110 Å². The Bertz CT molecular complexity index is 525. The minimum absolute atomic E-state index is 0.0536. The van der Waals surface area contributed by atoms with Gasteiger partial charge in [0.15, 0.2) is 5.96 Å². The minimum Gasteiger partial charge on any atom is -0.366 e. The van der Waals surface area contributed by atoms with Crippen LogP contribution in [0.3, 0.4) is 0 Å². The lowest BCUT2D eigenvalue weighted by Crippen LogP contribution is -2.42. The molecule has 4 N–H and O–H groups in total. The molecule has 1 aromatic carbocycles. The van der Waals surface area contributed by atoms with Crippen molar-refractivity contribution in [1.82, 2.24) is 5.32 Å². The third kappa shape index (κ3) is 2.73. The number of nitrogens with one attached hydrogen (secondary N) is 2. The number of benzene rings is 1. The minimum atomic E-state index is -0.499. The van der Waals surface area contributed by atoms with E-state index in [9.17, 15) is 4.79 Å². The van der Waals surface area contributed by atoms with Crippen molar-refractivity contribution in [3.63, 3.8) is 0 Å². The van der Waals surface area contributed by atoms with Crippen molar-refractivity contribution in [2.24, 2.45) is 10.7 Å². The fourth-order valence-electron chi connectivity index (χ4n) is 1.64. The first-order chi connectivity index (χ1) is 8.37. The smallest absolute Gasteiger partial charge is 0.248 e. The van der Waals surface area contributed by atoms with E-state index in [0.29, 0.717) is 28.8 Å². The van der Waals surface area contributed by atoms with Gasteiger partial charge in [0.25, 0.3) is 0 Å². The molecule has 0 atom stereocenters. The molecule has 0 unspecified atom stereocenters. The number of rotatable bonds is 2. The molecule has 1 heterocycles. The molecular weight excluding hydrogens is 252 g/mol. The van der Waals surface area contributed by atoms with Crippen molar-refractivity contribution in [1.29, 1.82) is 0 Å². The van der Waals surface area contributed by atoms with Gasteiger partial charge in [0.1, 0.15) is 0 Å². The standard InChI is InChI=1S/C12H15ClN4O/c1-12(2)6-15-11(17-12)16-9-4-3-7(10(14)18)5-8(9)13/h3-5H,6H2,1-2H3,(H2,14,18)(H2,15,16,17). The lowest BCUT2D eigenvalue weighted by atomic mass is 10.1. The molecule has 6 heteroatoms. The van der Waals surface area contributed by atoms with E-state index in [2.05, 4.69) is 29.5 Å². The van der Waals surface area contributed by atoms with Gasteiger partial charge in [-0.3, -0.25) is 9.79 Å². The molecule has 0 spiro atoms. The zero-order valence-electron chi connectivity index (χ0n) is 10.2. The molecule has 0 saturated carbocycles. The van der Waals surface area contributed by atoms with Crippen LogP contribution >= 0.6 is 11.6 Å². The Morgan fingerprint density at radius 1 is 1.56 bits per heavy atom. The SMILES string of the molecule is CC1(C)CN=C(Nc2ccc(C(N)=O)cc2Cl)N1. The molecular formula is C12H15ClN4O. The molecule has 2 rings (SSSR count). The van der Waals surface area contributed by atoms with Crippen LogP contribution in [0.15, 0.2) is 23.2 Å². The van der Waals surface area contributed by atoms with Gasteiger partial charge in [-0.15, -0.1) is 0 Å². The molecule has 0 aliphatic carbocycles. The number of anilines is 1. The molecule has 1 aliphatic heterocycles. The van der Waals surface area contributed by atoms with E-state index in [1.807, 2.05) is 0 Å². The zero-order valence-corrected chi connectivity index (χ0v) is 11.0. The van der Waals surface area contributed by atoms with E-state index >= 15 is 0 Å². The van der Waals surface area contributed by atoms with Crippen molar-refractivity contribution in [2.75, 3.05) is 11.9 Å². The van der Waals surface area contributed by atoms with Crippen molar-refractivity contribution >= 4 is 29.2 Å². The maximum absolute atomic E-state index is 11.0. The molecule has 0 bridgehead atoms. The highest BCUT2D eigenvalue weighted by Gasteiger charge is 2.24. The first kappa shape index (κ1) is 12.7. The second-order valence-electron chi connectivity index (χ2n) is 4.86. The summed E-state index contributed by atoms with van der Waals surface area (Å²) in [5, 5.41) is 6.75. The van der Waals surface area contributed by atoms with Crippen LogP contribution in [0.4, 0.5) is 5.69 Å². The summed E-state index contributed by atoms with van der Waals surface area (Å²) in [6, 6.07) is 4.86. The third-order valence-corrected chi connectivity index (χ3v) is 2.91. The van der Waals surface area contributed by atoms with Crippen LogP contribution < -0.4 is 16.4 Å². The molecule has 0 saturated heterocycles. The summed E-state index contributed by atoms with van der Waals surface area (Å²) in [6.45, 7) is 4.82. The molecule has 1 aliphatic rings. The van der Waals surface area contributed by atoms with E-state index < -0.39 is 5.91 Å². The van der Waals surface area contributed by atoms with Crippen LogP contribution in [-0.4, -0.2) is 24.0 Å². The number of primary amides is 1. The number of guanidine groups is 1. The van der Waals surface area contributed by atoms with Gasteiger partial charge in [0.05, 0.1) is 22.8 Å². The molecule has 18 heavy (non-hydrogen) atoms. The topological polar surface area (TPSA) is 79.5 Å². The largest absolute Gasteiger partial charge is 0.366 e. The monoisotopic (exact) mass is 266 g/mol. The number of hydrogen-bond donors (Lipinski definition) is 3. The van der Waals surface area contributed by atoms with Crippen molar-refractivity contribution < 1.29 is 4.79 Å².